The Bertz CT molecular complexity index is 919. The summed E-state index contributed by atoms with van der Waals surface area (Å²) in [6, 6.07) is 14.6. The molecule has 2 aromatic carbocycles. The summed E-state index contributed by atoms with van der Waals surface area (Å²) in [4.78, 5) is 15.6. The molecule has 0 aliphatic rings. The van der Waals surface area contributed by atoms with Crippen molar-refractivity contribution < 1.29 is 14.3 Å². The molecule has 0 aliphatic heterocycles. The standard InChI is InChI=1S/C21H22N2O3S/c1-3-20(24)26-13-12-25-11-10-22-17-7-5-16(6-8-17)21-23-18-9-4-15(2)14-19(18)27-21/h3-9,14,22H,1,10-13H2,2H3. The minimum Gasteiger partial charge on any atom is -0.460 e. The quantitative estimate of drug-likeness (QED) is 0.337. The molecule has 0 atom stereocenters. The Balaban J connectivity index is 1.46. The number of carbonyl (C=O) groups excluding carboxylic acids is 1. The number of nitrogens with one attached hydrogen (secondary N) is 1. The molecule has 1 aromatic heterocycles. The van der Waals surface area contributed by atoms with Crippen LogP contribution in [0.2, 0.25) is 0 Å². The average Bonchev–Trinajstić information content (AvgIpc) is 3.10. The van der Waals surface area contributed by atoms with Crippen LogP contribution in [0.25, 0.3) is 20.8 Å². The Morgan fingerprint density at radius 2 is 2.00 bits per heavy atom. The lowest BCUT2D eigenvalue weighted by Gasteiger charge is -2.08. The van der Waals surface area contributed by atoms with E-state index in [0.29, 0.717) is 19.8 Å². The number of anilines is 1. The molecule has 3 rings (SSSR count). The SMILES string of the molecule is C=CC(=O)OCCOCCNc1ccc(-c2nc3ccc(C)cc3s2)cc1. The summed E-state index contributed by atoms with van der Waals surface area (Å²) in [5.74, 6) is -0.430. The van der Waals surface area contributed by atoms with Gasteiger partial charge in [0, 0.05) is 23.9 Å². The number of hydrogen-bond acceptors (Lipinski definition) is 6. The van der Waals surface area contributed by atoms with Gasteiger partial charge in [0.25, 0.3) is 0 Å². The number of esters is 1. The largest absolute Gasteiger partial charge is 0.460 e. The van der Waals surface area contributed by atoms with Gasteiger partial charge in [-0.15, -0.1) is 11.3 Å². The number of ether oxygens (including phenoxy) is 2. The van der Waals surface area contributed by atoms with E-state index < -0.39 is 5.97 Å². The van der Waals surface area contributed by atoms with Gasteiger partial charge in [-0.25, -0.2) is 9.78 Å². The van der Waals surface area contributed by atoms with E-state index in [2.05, 4.69) is 49.2 Å². The van der Waals surface area contributed by atoms with E-state index >= 15 is 0 Å². The van der Waals surface area contributed by atoms with Gasteiger partial charge in [0.1, 0.15) is 11.6 Å². The Labute approximate surface area is 162 Å². The minimum atomic E-state index is -0.430. The average molecular weight is 382 g/mol. The topological polar surface area (TPSA) is 60.5 Å². The molecular formula is C21H22N2O3S. The van der Waals surface area contributed by atoms with Crippen molar-refractivity contribution in [3.63, 3.8) is 0 Å². The molecule has 0 spiro atoms. The second-order valence-electron chi connectivity index (χ2n) is 5.98. The number of thiazole rings is 1. The summed E-state index contributed by atoms with van der Waals surface area (Å²) in [5.41, 5.74) is 4.43. The van der Waals surface area contributed by atoms with Crippen LogP contribution >= 0.6 is 11.3 Å². The number of hydrogen-bond donors (Lipinski definition) is 1. The summed E-state index contributed by atoms with van der Waals surface area (Å²) in [5, 5.41) is 4.33. The van der Waals surface area contributed by atoms with E-state index in [0.717, 1.165) is 27.9 Å². The van der Waals surface area contributed by atoms with Gasteiger partial charge in [-0.2, -0.15) is 0 Å². The number of nitrogens with zero attached hydrogens (tertiary/aromatic N) is 1. The Kier molecular flexibility index (Phi) is 6.57. The van der Waals surface area contributed by atoms with Crippen molar-refractivity contribution in [1.82, 2.24) is 4.98 Å². The first-order chi connectivity index (χ1) is 13.2. The number of rotatable bonds is 9. The fourth-order valence-corrected chi connectivity index (χ4v) is 3.58. The zero-order valence-electron chi connectivity index (χ0n) is 15.2. The van der Waals surface area contributed by atoms with Crippen LogP contribution in [0.15, 0.2) is 55.1 Å². The summed E-state index contributed by atoms with van der Waals surface area (Å²) in [7, 11) is 0. The first-order valence-electron chi connectivity index (χ1n) is 8.74. The Morgan fingerprint density at radius 3 is 2.78 bits per heavy atom. The fraction of sp³-hybridized carbons (Fsp3) is 0.238. The molecule has 0 bridgehead atoms. The van der Waals surface area contributed by atoms with E-state index in [1.54, 1.807) is 11.3 Å². The minimum absolute atomic E-state index is 0.237. The van der Waals surface area contributed by atoms with Gasteiger partial charge in [0.2, 0.25) is 0 Å². The van der Waals surface area contributed by atoms with Crippen LogP contribution in [0.4, 0.5) is 5.69 Å². The first-order valence-corrected chi connectivity index (χ1v) is 9.56. The molecule has 140 valence electrons. The predicted molar refractivity (Wildman–Crippen MR) is 110 cm³/mol. The van der Waals surface area contributed by atoms with Crippen LogP contribution in [0, 0.1) is 6.92 Å². The second kappa shape index (κ2) is 9.30. The van der Waals surface area contributed by atoms with Gasteiger partial charge in [0.15, 0.2) is 0 Å². The van der Waals surface area contributed by atoms with Gasteiger partial charge in [-0.3, -0.25) is 0 Å². The highest BCUT2D eigenvalue weighted by atomic mass is 32.1. The molecule has 3 aromatic rings. The van der Waals surface area contributed by atoms with E-state index in [9.17, 15) is 4.79 Å². The third-order valence-corrected chi connectivity index (χ3v) is 4.96. The normalized spacial score (nSPS) is 10.7. The number of benzene rings is 2. The highest BCUT2D eigenvalue weighted by Gasteiger charge is 2.06. The van der Waals surface area contributed by atoms with Crippen LogP contribution < -0.4 is 5.32 Å². The molecule has 6 heteroatoms. The molecule has 0 aliphatic carbocycles. The van der Waals surface area contributed by atoms with Crippen molar-refractivity contribution in [3.8, 4) is 10.6 Å². The van der Waals surface area contributed by atoms with Gasteiger partial charge in [0.05, 0.1) is 23.4 Å². The molecule has 0 saturated heterocycles. The summed E-state index contributed by atoms with van der Waals surface area (Å²) < 4.78 is 11.4. The maximum atomic E-state index is 10.9. The van der Waals surface area contributed by atoms with E-state index in [-0.39, 0.29) is 6.61 Å². The van der Waals surface area contributed by atoms with Gasteiger partial charge in [-0.05, 0) is 48.9 Å². The molecule has 0 amide bonds. The number of aryl methyl sites for hydroxylation is 1. The van der Waals surface area contributed by atoms with E-state index in [1.807, 2.05) is 12.1 Å². The van der Waals surface area contributed by atoms with E-state index in [4.69, 9.17) is 14.5 Å². The highest BCUT2D eigenvalue weighted by molar-refractivity contribution is 7.21. The van der Waals surface area contributed by atoms with Crippen LogP contribution in [-0.2, 0) is 14.3 Å². The number of fused-ring (bicyclic) bond motifs is 1. The summed E-state index contributed by atoms with van der Waals surface area (Å²) in [6.07, 6.45) is 1.14. The lowest BCUT2D eigenvalue weighted by Crippen LogP contribution is -2.13. The smallest absolute Gasteiger partial charge is 0.330 e. The van der Waals surface area contributed by atoms with Crippen molar-refractivity contribution in [1.29, 1.82) is 0 Å². The van der Waals surface area contributed by atoms with Crippen LogP contribution in [-0.4, -0.2) is 37.3 Å². The number of carbonyl (C=O) groups is 1. The van der Waals surface area contributed by atoms with Crippen LogP contribution in [0.5, 0.6) is 0 Å². The summed E-state index contributed by atoms with van der Waals surface area (Å²) >= 11 is 1.71. The molecule has 0 unspecified atom stereocenters. The Morgan fingerprint density at radius 1 is 1.19 bits per heavy atom. The molecular weight excluding hydrogens is 360 g/mol. The number of aromatic nitrogens is 1. The predicted octanol–water partition coefficient (Wildman–Crippen LogP) is 4.43. The maximum Gasteiger partial charge on any atom is 0.330 e. The third kappa shape index (κ3) is 5.39. The molecule has 1 N–H and O–H groups in total. The van der Waals surface area contributed by atoms with Crippen molar-refractivity contribution in [2.75, 3.05) is 31.7 Å². The van der Waals surface area contributed by atoms with Crippen LogP contribution in [0.3, 0.4) is 0 Å². The zero-order chi connectivity index (χ0) is 19.1. The van der Waals surface area contributed by atoms with Gasteiger partial charge < -0.3 is 14.8 Å². The third-order valence-electron chi connectivity index (χ3n) is 3.89. The molecule has 0 saturated carbocycles. The maximum absolute atomic E-state index is 10.9. The first kappa shape index (κ1) is 19.1. The second-order valence-corrected chi connectivity index (χ2v) is 7.01. The lowest BCUT2D eigenvalue weighted by molar-refractivity contribution is -0.139. The monoisotopic (exact) mass is 382 g/mol. The molecule has 5 nitrogen and oxygen atoms in total. The van der Waals surface area contributed by atoms with Crippen molar-refractivity contribution >= 4 is 33.2 Å². The van der Waals surface area contributed by atoms with Gasteiger partial charge in [-0.1, -0.05) is 12.6 Å². The van der Waals surface area contributed by atoms with Crippen LogP contribution in [0.1, 0.15) is 5.56 Å². The Hall–Kier alpha value is -2.70. The molecule has 0 radical (unpaired) electrons. The fourth-order valence-electron chi connectivity index (χ4n) is 2.52. The van der Waals surface area contributed by atoms with E-state index in [1.165, 1.54) is 10.3 Å². The summed E-state index contributed by atoms with van der Waals surface area (Å²) in [6.45, 7) is 7.25. The molecule has 1 heterocycles. The van der Waals surface area contributed by atoms with Crippen molar-refractivity contribution in [3.05, 3.63) is 60.7 Å². The van der Waals surface area contributed by atoms with Gasteiger partial charge >= 0.3 is 5.97 Å². The molecule has 27 heavy (non-hydrogen) atoms. The zero-order valence-corrected chi connectivity index (χ0v) is 16.1. The van der Waals surface area contributed by atoms with Crippen molar-refractivity contribution in [2.45, 2.75) is 6.92 Å². The molecule has 0 fully saturated rings. The van der Waals surface area contributed by atoms with Crippen molar-refractivity contribution in [2.24, 2.45) is 0 Å². The lowest BCUT2D eigenvalue weighted by atomic mass is 10.2. The highest BCUT2D eigenvalue weighted by Crippen LogP contribution is 2.31.